The second kappa shape index (κ2) is 8.31. The summed E-state index contributed by atoms with van der Waals surface area (Å²) in [4.78, 5) is 4.78. The van der Waals surface area contributed by atoms with Crippen LogP contribution < -0.4 is 10.1 Å². The predicted molar refractivity (Wildman–Crippen MR) is 118 cm³/mol. The molecule has 0 radical (unpaired) electrons. The number of imidazole rings is 1. The lowest BCUT2D eigenvalue weighted by Gasteiger charge is -2.40. The van der Waals surface area contributed by atoms with Crippen LogP contribution in [0.1, 0.15) is 51.6 Å². The fourth-order valence-electron chi connectivity index (χ4n) is 5.06. The van der Waals surface area contributed by atoms with Gasteiger partial charge in [-0.15, -0.1) is 13.2 Å². The molecule has 0 spiro atoms. The number of alkyl halides is 3. The van der Waals surface area contributed by atoms with Crippen LogP contribution in [0, 0.1) is 11.3 Å². The van der Waals surface area contributed by atoms with Crippen molar-refractivity contribution in [3.8, 4) is 5.75 Å². The Morgan fingerprint density at radius 3 is 2.50 bits per heavy atom. The zero-order chi connectivity index (χ0) is 23.1. The van der Waals surface area contributed by atoms with Crippen molar-refractivity contribution < 1.29 is 23.0 Å². The third kappa shape index (κ3) is 5.01. The molecule has 3 aromatic rings. The first-order chi connectivity index (χ1) is 15.0. The Bertz CT molecular complexity index is 1090. The van der Waals surface area contributed by atoms with E-state index in [0.29, 0.717) is 17.6 Å². The van der Waals surface area contributed by atoms with Gasteiger partial charge in [0.2, 0.25) is 5.95 Å². The molecular formula is C24H28F3N3O2. The number of rotatable bonds is 5. The Balaban J connectivity index is 1.71. The Morgan fingerprint density at radius 2 is 1.88 bits per heavy atom. The van der Waals surface area contributed by atoms with Crippen molar-refractivity contribution in [2.45, 2.75) is 59.0 Å². The summed E-state index contributed by atoms with van der Waals surface area (Å²) in [5, 5.41) is 12.8. The highest BCUT2D eigenvalue weighted by Gasteiger charge is 2.35. The number of anilines is 2. The largest absolute Gasteiger partial charge is 0.573 e. The standard InChI is InChI=1S/C24H28F3N3O2/c1-15-10-18(13-23(2,3)12-15)30-21-9-4-16(14-31)11-20(21)29-22(30)28-17-5-7-19(8-6-17)32-24(25,26)27/h4-9,11,15,18,31H,10,12-14H2,1-3H3,(H,28,29)/t15-,18+/m0/s1. The highest BCUT2D eigenvalue weighted by molar-refractivity contribution is 5.80. The quantitative estimate of drug-likeness (QED) is 0.465. The zero-order valence-corrected chi connectivity index (χ0v) is 18.4. The van der Waals surface area contributed by atoms with Gasteiger partial charge in [-0.25, -0.2) is 4.98 Å². The maximum absolute atomic E-state index is 12.5. The number of nitrogens with one attached hydrogen (secondary N) is 1. The summed E-state index contributed by atoms with van der Waals surface area (Å²) < 4.78 is 43.5. The van der Waals surface area contributed by atoms with Crippen LogP contribution in [-0.4, -0.2) is 21.0 Å². The molecule has 2 aromatic carbocycles. The van der Waals surface area contributed by atoms with Crippen molar-refractivity contribution >= 4 is 22.7 Å². The average molecular weight is 448 g/mol. The van der Waals surface area contributed by atoms with Crippen molar-refractivity contribution in [2.75, 3.05) is 5.32 Å². The van der Waals surface area contributed by atoms with Crippen LogP contribution in [0.15, 0.2) is 42.5 Å². The number of nitrogens with zero attached hydrogens (tertiary/aromatic N) is 2. The van der Waals surface area contributed by atoms with E-state index in [2.05, 4.69) is 35.4 Å². The van der Waals surface area contributed by atoms with Gasteiger partial charge in [-0.3, -0.25) is 0 Å². The second-order valence-corrected chi connectivity index (χ2v) is 9.55. The van der Waals surface area contributed by atoms with Gasteiger partial charge >= 0.3 is 6.36 Å². The van der Waals surface area contributed by atoms with Crippen molar-refractivity contribution in [3.05, 3.63) is 48.0 Å². The predicted octanol–water partition coefficient (Wildman–Crippen LogP) is 6.56. The molecule has 1 aliphatic rings. The van der Waals surface area contributed by atoms with E-state index in [4.69, 9.17) is 4.98 Å². The van der Waals surface area contributed by atoms with Gasteiger partial charge in [0.15, 0.2) is 0 Å². The van der Waals surface area contributed by atoms with Gasteiger partial charge in [-0.1, -0.05) is 26.8 Å². The van der Waals surface area contributed by atoms with Gasteiger partial charge in [0.25, 0.3) is 0 Å². The van der Waals surface area contributed by atoms with Gasteiger partial charge in [0.05, 0.1) is 17.6 Å². The number of halogens is 3. The van der Waals surface area contributed by atoms with E-state index in [-0.39, 0.29) is 23.8 Å². The molecule has 0 aliphatic heterocycles. The van der Waals surface area contributed by atoms with Crippen LogP contribution in [0.4, 0.5) is 24.8 Å². The number of hydrogen-bond acceptors (Lipinski definition) is 4. The number of aromatic nitrogens is 2. The van der Waals surface area contributed by atoms with Crippen LogP contribution in [0.25, 0.3) is 11.0 Å². The Kier molecular flexibility index (Phi) is 5.83. The fourth-order valence-corrected chi connectivity index (χ4v) is 5.06. The lowest BCUT2D eigenvalue weighted by molar-refractivity contribution is -0.274. The number of benzene rings is 2. The number of fused-ring (bicyclic) bond motifs is 1. The molecule has 32 heavy (non-hydrogen) atoms. The average Bonchev–Trinajstić information content (AvgIpc) is 3.03. The molecule has 0 unspecified atom stereocenters. The van der Waals surface area contributed by atoms with E-state index in [9.17, 15) is 18.3 Å². The first-order valence-corrected chi connectivity index (χ1v) is 10.8. The van der Waals surface area contributed by atoms with E-state index < -0.39 is 6.36 Å². The van der Waals surface area contributed by atoms with Crippen molar-refractivity contribution in [3.63, 3.8) is 0 Å². The summed E-state index contributed by atoms with van der Waals surface area (Å²) in [7, 11) is 0. The second-order valence-electron chi connectivity index (χ2n) is 9.55. The molecule has 4 rings (SSSR count). The monoisotopic (exact) mass is 447 g/mol. The highest BCUT2D eigenvalue weighted by atomic mass is 19.4. The number of aliphatic hydroxyl groups excluding tert-OH is 1. The van der Waals surface area contributed by atoms with Gasteiger partial charge in [-0.2, -0.15) is 0 Å². The van der Waals surface area contributed by atoms with E-state index >= 15 is 0 Å². The van der Waals surface area contributed by atoms with Crippen LogP contribution >= 0.6 is 0 Å². The molecule has 0 bridgehead atoms. The molecular weight excluding hydrogens is 419 g/mol. The summed E-state index contributed by atoms with van der Waals surface area (Å²) in [5.41, 5.74) is 3.32. The summed E-state index contributed by atoms with van der Waals surface area (Å²) in [5.74, 6) is 0.922. The topological polar surface area (TPSA) is 59.3 Å². The van der Waals surface area contributed by atoms with E-state index in [1.54, 1.807) is 0 Å². The van der Waals surface area contributed by atoms with E-state index in [1.807, 2.05) is 18.2 Å². The van der Waals surface area contributed by atoms with Crippen LogP contribution in [0.5, 0.6) is 5.75 Å². The summed E-state index contributed by atoms with van der Waals surface area (Å²) in [6, 6.07) is 11.6. The minimum absolute atomic E-state index is 0.0697. The number of hydrogen-bond donors (Lipinski definition) is 2. The molecule has 1 aliphatic carbocycles. The molecule has 2 N–H and O–H groups in total. The lowest BCUT2D eigenvalue weighted by atomic mass is 9.70. The highest BCUT2D eigenvalue weighted by Crippen LogP contribution is 2.46. The van der Waals surface area contributed by atoms with Crippen LogP contribution in [0.3, 0.4) is 0 Å². The third-order valence-electron chi connectivity index (χ3n) is 6.01. The minimum atomic E-state index is -4.72. The molecule has 1 aromatic heterocycles. The number of ether oxygens (including phenoxy) is 1. The van der Waals surface area contributed by atoms with Gasteiger partial charge in [0, 0.05) is 11.7 Å². The third-order valence-corrected chi connectivity index (χ3v) is 6.01. The van der Waals surface area contributed by atoms with Gasteiger partial charge < -0.3 is 19.7 Å². The Labute approximate surface area is 185 Å². The fraction of sp³-hybridized carbons (Fsp3) is 0.458. The molecule has 8 heteroatoms. The summed E-state index contributed by atoms with van der Waals surface area (Å²) in [6.45, 7) is 6.76. The van der Waals surface area contributed by atoms with Crippen molar-refractivity contribution in [1.82, 2.24) is 9.55 Å². The first-order valence-electron chi connectivity index (χ1n) is 10.8. The molecule has 5 nitrogen and oxygen atoms in total. The van der Waals surface area contributed by atoms with E-state index in [0.717, 1.165) is 35.9 Å². The molecule has 1 fully saturated rings. The molecule has 1 saturated carbocycles. The maximum atomic E-state index is 12.5. The van der Waals surface area contributed by atoms with Crippen molar-refractivity contribution in [1.29, 1.82) is 0 Å². The minimum Gasteiger partial charge on any atom is -0.406 e. The van der Waals surface area contributed by atoms with Gasteiger partial charge in [-0.05, 0) is 72.6 Å². The lowest BCUT2D eigenvalue weighted by Crippen LogP contribution is -2.29. The van der Waals surface area contributed by atoms with E-state index in [1.165, 1.54) is 24.3 Å². The summed E-state index contributed by atoms with van der Waals surface area (Å²) in [6.07, 6.45) is -1.55. The molecule has 0 amide bonds. The molecule has 172 valence electrons. The SMILES string of the molecule is C[C@H]1C[C@@H](n2c(Nc3ccc(OC(F)(F)F)cc3)nc3cc(CO)ccc32)CC(C)(C)C1. The van der Waals surface area contributed by atoms with Crippen LogP contribution in [-0.2, 0) is 6.61 Å². The van der Waals surface area contributed by atoms with Gasteiger partial charge in [0.1, 0.15) is 5.75 Å². The Morgan fingerprint density at radius 1 is 1.16 bits per heavy atom. The number of aliphatic hydroxyl groups is 1. The molecule has 0 saturated heterocycles. The summed E-state index contributed by atoms with van der Waals surface area (Å²) >= 11 is 0. The smallest absolute Gasteiger partial charge is 0.406 e. The molecule has 2 atom stereocenters. The van der Waals surface area contributed by atoms with Crippen LogP contribution in [0.2, 0.25) is 0 Å². The molecule has 1 heterocycles. The normalized spacial score (nSPS) is 21.0. The maximum Gasteiger partial charge on any atom is 0.573 e. The zero-order valence-electron chi connectivity index (χ0n) is 18.4. The van der Waals surface area contributed by atoms with Crippen molar-refractivity contribution in [2.24, 2.45) is 11.3 Å². The Hall–Kier alpha value is -2.74. The first kappa shape index (κ1) is 22.5.